The molecule has 82 valence electrons. The summed E-state index contributed by atoms with van der Waals surface area (Å²) in [6.45, 7) is 1.74. The van der Waals surface area contributed by atoms with Crippen molar-refractivity contribution in [3.8, 4) is 6.07 Å². The van der Waals surface area contributed by atoms with Crippen LogP contribution in [0.15, 0.2) is 0 Å². The Balaban J connectivity index is 2.42. The summed E-state index contributed by atoms with van der Waals surface area (Å²) in [5, 5.41) is 18.5. The Morgan fingerprint density at radius 2 is 2.40 bits per heavy atom. The van der Waals surface area contributed by atoms with Gasteiger partial charge in [-0.25, -0.2) is 0 Å². The molecule has 0 radical (unpaired) electrons. The van der Waals surface area contributed by atoms with E-state index >= 15 is 0 Å². The molecule has 1 fully saturated rings. The topological polar surface area (TPSA) is 103 Å². The minimum Gasteiger partial charge on any atom is -0.379 e. The number of nitriles is 1. The van der Waals surface area contributed by atoms with E-state index in [4.69, 9.17) is 16.4 Å². The lowest BCUT2D eigenvalue weighted by Crippen LogP contribution is -2.47. The molecule has 0 aromatic rings. The fourth-order valence-corrected chi connectivity index (χ4v) is 1.71. The Morgan fingerprint density at radius 3 is 2.80 bits per heavy atom. The molecule has 0 aliphatic heterocycles. The molecule has 1 aliphatic carbocycles. The molecule has 0 saturated heterocycles. The second-order valence-corrected chi connectivity index (χ2v) is 4.81. The maximum atomic E-state index is 11.4. The van der Waals surface area contributed by atoms with Gasteiger partial charge in [0, 0.05) is 0 Å². The van der Waals surface area contributed by atoms with Gasteiger partial charge < -0.3 is 11.1 Å². The smallest absolute Gasteiger partial charge is 0.231 e. The van der Waals surface area contributed by atoms with Gasteiger partial charge in [0.05, 0.1) is 11.8 Å². The number of thioether (sulfide) groups is 1. The Hall–Kier alpha value is -1.22. The summed E-state index contributed by atoms with van der Waals surface area (Å²) in [7, 11) is 0. The third-order valence-electron chi connectivity index (χ3n) is 2.38. The van der Waals surface area contributed by atoms with Gasteiger partial charge >= 0.3 is 0 Å². The number of carbonyl (C=O) groups excluding carboxylic acids is 1. The fourth-order valence-electron chi connectivity index (χ4n) is 1.35. The zero-order chi connectivity index (χ0) is 11.5. The standard InChI is InChI=1S/C9H14N4OS/c1-9(5-10,6-2-3-6)13-7(14)4-15-8(11)12/h6H,2-4H2,1H3,(H3,11,12)(H,13,14). The SMILES string of the molecule is CC(C#N)(NC(=O)CSC(=N)N)C1CC1. The van der Waals surface area contributed by atoms with Crippen LogP contribution in [-0.2, 0) is 4.79 Å². The summed E-state index contributed by atoms with van der Waals surface area (Å²) in [5.74, 6) is 0.124. The Morgan fingerprint density at radius 1 is 1.80 bits per heavy atom. The van der Waals surface area contributed by atoms with Gasteiger partial charge in [-0.2, -0.15) is 5.26 Å². The molecule has 1 atom stereocenters. The first kappa shape index (κ1) is 11.9. The van der Waals surface area contributed by atoms with E-state index in [-0.39, 0.29) is 22.7 Å². The minimum absolute atomic E-state index is 0.0877. The van der Waals surface area contributed by atoms with E-state index in [1.165, 1.54) is 0 Å². The Labute approximate surface area is 92.9 Å². The van der Waals surface area contributed by atoms with Gasteiger partial charge in [0.1, 0.15) is 5.54 Å². The number of amides is 1. The van der Waals surface area contributed by atoms with Crippen molar-refractivity contribution in [2.24, 2.45) is 11.7 Å². The van der Waals surface area contributed by atoms with Crippen LogP contribution in [0.4, 0.5) is 0 Å². The predicted octanol–water partition coefficient (Wildman–Crippen LogP) is 0.422. The number of amidine groups is 1. The number of hydrogen-bond donors (Lipinski definition) is 3. The second-order valence-electron chi connectivity index (χ2n) is 3.79. The van der Waals surface area contributed by atoms with Crippen molar-refractivity contribution in [2.75, 3.05) is 5.75 Å². The summed E-state index contributed by atoms with van der Waals surface area (Å²) in [5.41, 5.74) is 4.35. The average molecular weight is 226 g/mol. The third-order valence-corrected chi connectivity index (χ3v) is 3.10. The minimum atomic E-state index is -0.756. The monoisotopic (exact) mass is 226 g/mol. The molecule has 0 heterocycles. The van der Waals surface area contributed by atoms with E-state index in [1.54, 1.807) is 6.92 Å². The molecule has 1 saturated carbocycles. The van der Waals surface area contributed by atoms with E-state index < -0.39 is 5.54 Å². The summed E-state index contributed by atoms with van der Waals surface area (Å²) in [6.07, 6.45) is 1.98. The lowest BCUT2D eigenvalue weighted by molar-refractivity contribution is -0.119. The summed E-state index contributed by atoms with van der Waals surface area (Å²) < 4.78 is 0. The molecule has 0 aromatic carbocycles. The molecular weight excluding hydrogens is 212 g/mol. The molecule has 1 aliphatic rings. The van der Waals surface area contributed by atoms with Crippen molar-refractivity contribution in [3.05, 3.63) is 0 Å². The Bertz CT molecular complexity index is 321. The van der Waals surface area contributed by atoms with Crippen LogP contribution in [0.1, 0.15) is 19.8 Å². The van der Waals surface area contributed by atoms with Gasteiger partial charge in [-0.3, -0.25) is 10.2 Å². The van der Waals surface area contributed by atoms with Crippen LogP contribution in [0.25, 0.3) is 0 Å². The molecule has 0 bridgehead atoms. The van der Waals surface area contributed by atoms with Gasteiger partial charge in [0.25, 0.3) is 0 Å². The van der Waals surface area contributed by atoms with Crippen LogP contribution < -0.4 is 11.1 Å². The van der Waals surface area contributed by atoms with Gasteiger partial charge in [-0.05, 0) is 25.7 Å². The van der Waals surface area contributed by atoms with Crippen molar-refractivity contribution in [3.63, 3.8) is 0 Å². The highest BCUT2D eigenvalue weighted by Gasteiger charge is 2.42. The molecule has 6 heteroatoms. The maximum Gasteiger partial charge on any atom is 0.231 e. The molecule has 0 aromatic heterocycles. The zero-order valence-electron chi connectivity index (χ0n) is 8.54. The lowest BCUT2D eigenvalue weighted by Gasteiger charge is -2.22. The van der Waals surface area contributed by atoms with Gasteiger partial charge in [-0.1, -0.05) is 11.8 Å². The van der Waals surface area contributed by atoms with Crippen LogP contribution in [0, 0.1) is 22.7 Å². The van der Waals surface area contributed by atoms with Crippen LogP contribution in [0.2, 0.25) is 0 Å². The maximum absolute atomic E-state index is 11.4. The van der Waals surface area contributed by atoms with Crippen molar-refractivity contribution in [2.45, 2.75) is 25.3 Å². The molecule has 0 spiro atoms. The van der Waals surface area contributed by atoms with Gasteiger partial charge in [-0.15, -0.1) is 0 Å². The summed E-state index contributed by atoms with van der Waals surface area (Å²) in [4.78, 5) is 11.4. The fraction of sp³-hybridized carbons (Fsp3) is 0.667. The molecular formula is C9H14N4OS. The average Bonchev–Trinajstić information content (AvgIpc) is 2.97. The highest BCUT2D eigenvalue weighted by Crippen LogP contribution is 2.39. The first-order valence-corrected chi connectivity index (χ1v) is 5.65. The quantitative estimate of drug-likeness (QED) is 0.477. The van der Waals surface area contributed by atoms with Crippen LogP contribution in [0.3, 0.4) is 0 Å². The van der Waals surface area contributed by atoms with Gasteiger partial charge in [0.2, 0.25) is 5.91 Å². The first-order chi connectivity index (χ1) is 6.98. The third kappa shape index (κ3) is 3.44. The highest BCUT2D eigenvalue weighted by atomic mass is 32.2. The number of carbonyl (C=O) groups is 1. The summed E-state index contributed by atoms with van der Waals surface area (Å²) in [6, 6.07) is 2.13. The highest BCUT2D eigenvalue weighted by molar-refractivity contribution is 8.14. The van der Waals surface area contributed by atoms with Crippen LogP contribution in [0.5, 0.6) is 0 Å². The van der Waals surface area contributed by atoms with E-state index in [0.717, 1.165) is 24.6 Å². The first-order valence-electron chi connectivity index (χ1n) is 4.67. The van der Waals surface area contributed by atoms with Crippen molar-refractivity contribution in [1.29, 1.82) is 10.7 Å². The van der Waals surface area contributed by atoms with E-state index in [2.05, 4.69) is 11.4 Å². The Kier molecular flexibility index (Phi) is 3.58. The molecule has 5 nitrogen and oxygen atoms in total. The lowest BCUT2D eigenvalue weighted by atomic mass is 9.98. The normalized spacial score (nSPS) is 18.7. The summed E-state index contributed by atoms with van der Waals surface area (Å²) >= 11 is 0.962. The van der Waals surface area contributed by atoms with Crippen LogP contribution >= 0.6 is 11.8 Å². The zero-order valence-corrected chi connectivity index (χ0v) is 9.36. The number of nitrogens with one attached hydrogen (secondary N) is 2. The molecule has 1 unspecified atom stereocenters. The number of nitrogens with two attached hydrogens (primary N) is 1. The molecule has 1 rings (SSSR count). The van der Waals surface area contributed by atoms with Crippen LogP contribution in [-0.4, -0.2) is 22.4 Å². The van der Waals surface area contributed by atoms with E-state index in [1.807, 2.05) is 0 Å². The predicted molar refractivity (Wildman–Crippen MR) is 59.3 cm³/mol. The van der Waals surface area contributed by atoms with Gasteiger partial charge in [0.15, 0.2) is 5.17 Å². The second kappa shape index (κ2) is 4.53. The van der Waals surface area contributed by atoms with Crippen molar-refractivity contribution in [1.82, 2.24) is 5.32 Å². The number of hydrogen-bond acceptors (Lipinski definition) is 4. The molecule has 15 heavy (non-hydrogen) atoms. The molecule has 1 amide bonds. The molecule has 4 N–H and O–H groups in total. The van der Waals surface area contributed by atoms with E-state index in [0.29, 0.717) is 0 Å². The number of nitrogens with zero attached hydrogens (tertiary/aromatic N) is 1. The number of rotatable bonds is 4. The van der Waals surface area contributed by atoms with E-state index in [9.17, 15) is 4.79 Å². The van der Waals surface area contributed by atoms with Crippen molar-refractivity contribution >= 4 is 22.8 Å². The van der Waals surface area contributed by atoms with Crippen molar-refractivity contribution < 1.29 is 4.79 Å². The largest absolute Gasteiger partial charge is 0.379 e.